The number of hydrogen-bond acceptors (Lipinski definition) is 3. The van der Waals surface area contributed by atoms with Crippen molar-refractivity contribution in [2.75, 3.05) is 39.8 Å². The van der Waals surface area contributed by atoms with Gasteiger partial charge in [-0.3, -0.25) is 4.79 Å². The molecule has 1 rings (SSSR count). The summed E-state index contributed by atoms with van der Waals surface area (Å²) in [6.07, 6.45) is -3.91. The van der Waals surface area contributed by atoms with Crippen LogP contribution in [0.25, 0.3) is 0 Å². The molecule has 1 N–H and O–H groups in total. The molecule has 1 atom stereocenters. The first-order chi connectivity index (χ1) is 7.80. The van der Waals surface area contributed by atoms with Crippen LogP contribution in [-0.4, -0.2) is 66.8 Å². The van der Waals surface area contributed by atoms with E-state index in [9.17, 15) is 18.0 Å². The Labute approximate surface area is 98.0 Å². The second-order valence-electron chi connectivity index (χ2n) is 4.39. The fourth-order valence-corrected chi connectivity index (χ4v) is 1.86. The van der Waals surface area contributed by atoms with Crippen molar-refractivity contribution in [3.8, 4) is 0 Å². The molecule has 0 aromatic rings. The lowest BCUT2D eigenvalue weighted by Gasteiger charge is -2.25. The Balaban J connectivity index is 2.58. The van der Waals surface area contributed by atoms with Gasteiger partial charge in [-0.05, 0) is 26.6 Å². The number of carboxylic acid groups (broad SMARTS) is 1. The van der Waals surface area contributed by atoms with Crippen LogP contribution < -0.4 is 0 Å². The van der Waals surface area contributed by atoms with Gasteiger partial charge in [0.25, 0.3) is 0 Å². The molecule has 0 spiro atoms. The van der Waals surface area contributed by atoms with Gasteiger partial charge < -0.3 is 14.9 Å². The highest BCUT2D eigenvalue weighted by atomic mass is 19.4. The molecule has 1 fully saturated rings. The van der Waals surface area contributed by atoms with Crippen molar-refractivity contribution in [1.29, 1.82) is 0 Å². The third-order valence-corrected chi connectivity index (χ3v) is 2.95. The summed E-state index contributed by atoms with van der Waals surface area (Å²) in [4.78, 5) is 14.2. The van der Waals surface area contributed by atoms with Crippen LogP contribution in [0.15, 0.2) is 0 Å². The Morgan fingerprint density at radius 1 is 1.29 bits per heavy atom. The molecule has 0 aromatic heterocycles. The molecule has 0 amide bonds. The largest absolute Gasteiger partial charge is 0.481 e. The highest BCUT2D eigenvalue weighted by Gasteiger charge is 2.45. The maximum Gasteiger partial charge on any atom is 0.403 e. The molecule has 1 unspecified atom stereocenters. The molecule has 4 nitrogen and oxygen atoms in total. The van der Waals surface area contributed by atoms with Gasteiger partial charge in [0.2, 0.25) is 0 Å². The first-order valence-electron chi connectivity index (χ1n) is 5.51. The molecule has 0 saturated carbocycles. The van der Waals surface area contributed by atoms with Gasteiger partial charge in [0, 0.05) is 19.6 Å². The van der Waals surface area contributed by atoms with Gasteiger partial charge in [0.1, 0.15) is 0 Å². The Morgan fingerprint density at radius 3 is 2.47 bits per heavy atom. The third-order valence-electron chi connectivity index (χ3n) is 2.95. The first kappa shape index (κ1) is 14.2. The second kappa shape index (κ2) is 5.68. The van der Waals surface area contributed by atoms with Gasteiger partial charge in [0.15, 0.2) is 5.92 Å². The second-order valence-corrected chi connectivity index (χ2v) is 4.39. The van der Waals surface area contributed by atoms with Gasteiger partial charge in [-0.1, -0.05) is 0 Å². The first-order valence-corrected chi connectivity index (χ1v) is 5.51. The van der Waals surface area contributed by atoms with Crippen molar-refractivity contribution < 1.29 is 23.1 Å². The van der Waals surface area contributed by atoms with Crippen molar-refractivity contribution in [1.82, 2.24) is 9.80 Å². The number of rotatable bonds is 3. The summed E-state index contributed by atoms with van der Waals surface area (Å²) in [5.74, 6) is -4.08. The number of nitrogens with zero attached hydrogens (tertiary/aromatic N) is 2. The van der Waals surface area contributed by atoms with Gasteiger partial charge in [-0.2, -0.15) is 13.2 Å². The summed E-state index contributed by atoms with van der Waals surface area (Å²) < 4.78 is 37.5. The van der Waals surface area contributed by atoms with Crippen molar-refractivity contribution >= 4 is 5.97 Å². The number of likely N-dealkylation sites (N-methyl/N-ethyl adjacent to an activating group) is 1. The number of carbonyl (C=O) groups is 1. The zero-order valence-electron chi connectivity index (χ0n) is 9.70. The zero-order valence-corrected chi connectivity index (χ0v) is 9.70. The predicted molar refractivity (Wildman–Crippen MR) is 55.7 cm³/mol. The lowest BCUT2D eigenvalue weighted by Crippen LogP contribution is -2.42. The van der Waals surface area contributed by atoms with E-state index in [1.165, 1.54) is 0 Å². The average Bonchev–Trinajstić information content (AvgIpc) is 2.37. The molecular formula is C10H17F3N2O2. The minimum atomic E-state index is -4.68. The summed E-state index contributed by atoms with van der Waals surface area (Å²) in [5, 5.41) is 8.60. The van der Waals surface area contributed by atoms with Crippen molar-refractivity contribution in [2.24, 2.45) is 5.92 Å². The molecule has 1 aliphatic heterocycles. The molecule has 17 heavy (non-hydrogen) atoms. The molecule has 1 heterocycles. The van der Waals surface area contributed by atoms with E-state index < -0.39 is 24.6 Å². The Morgan fingerprint density at radius 2 is 1.94 bits per heavy atom. The predicted octanol–water partition coefficient (Wildman–Crippen LogP) is 0.887. The summed E-state index contributed by atoms with van der Waals surface area (Å²) >= 11 is 0. The molecule has 0 bridgehead atoms. The SMILES string of the molecule is CN1CCCN(CC(C(=O)O)C(F)(F)F)CC1. The highest BCUT2D eigenvalue weighted by molar-refractivity contribution is 5.71. The van der Waals surface area contributed by atoms with Crippen molar-refractivity contribution in [2.45, 2.75) is 12.6 Å². The molecule has 0 aromatic carbocycles. The topological polar surface area (TPSA) is 43.8 Å². The van der Waals surface area contributed by atoms with Crippen LogP contribution >= 0.6 is 0 Å². The van der Waals surface area contributed by atoms with Crippen LogP contribution in [0, 0.1) is 5.92 Å². The smallest absolute Gasteiger partial charge is 0.403 e. The van der Waals surface area contributed by atoms with E-state index in [0.29, 0.717) is 19.6 Å². The lowest BCUT2D eigenvalue weighted by atomic mass is 10.1. The Hall–Kier alpha value is -0.820. The molecule has 0 radical (unpaired) electrons. The van der Waals surface area contributed by atoms with Crippen LogP contribution in [0.5, 0.6) is 0 Å². The third kappa shape index (κ3) is 4.51. The number of alkyl halides is 3. The van der Waals surface area contributed by atoms with Gasteiger partial charge >= 0.3 is 12.1 Å². The summed E-state index contributed by atoms with van der Waals surface area (Å²) in [5.41, 5.74) is 0. The normalized spacial score (nSPS) is 22.1. The highest BCUT2D eigenvalue weighted by Crippen LogP contribution is 2.27. The van der Waals surface area contributed by atoms with E-state index in [-0.39, 0.29) is 0 Å². The fraction of sp³-hybridized carbons (Fsp3) is 0.900. The lowest BCUT2D eigenvalue weighted by molar-refractivity contribution is -0.196. The molecule has 1 aliphatic rings. The van der Waals surface area contributed by atoms with E-state index in [0.717, 1.165) is 13.0 Å². The molecular weight excluding hydrogens is 237 g/mol. The van der Waals surface area contributed by atoms with Gasteiger partial charge in [-0.25, -0.2) is 0 Å². The van der Waals surface area contributed by atoms with E-state index in [4.69, 9.17) is 5.11 Å². The maximum atomic E-state index is 12.5. The minimum Gasteiger partial charge on any atom is -0.481 e. The van der Waals surface area contributed by atoms with Crippen LogP contribution in [0.1, 0.15) is 6.42 Å². The van der Waals surface area contributed by atoms with Crippen LogP contribution in [-0.2, 0) is 4.79 Å². The zero-order chi connectivity index (χ0) is 13.1. The van der Waals surface area contributed by atoms with E-state index in [2.05, 4.69) is 0 Å². The number of hydrogen-bond donors (Lipinski definition) is 1. The molecule has 0 aliphatic carbocycles. The quantitative estimate of drug-likeness (QED) is 0.812. The van der Waals surface area contributed by atoms with Crippen molar-refractivity contribution in [3.05, 3.63) is 0 Å². The number of carboxylic acids is 1. The molecule has 100 valence electrons. The number of halogens is 3. The van der Waals surface area contributed by atoms with E-state index in [1.54, 1.807) is 4.90 Å². The van der Waals surface area contributed by atoms with Crippen molar-refractivity contribution in [3.63, 3.8) is 0 Å². The fourth-order valence-electron chi connectivity index (χ4n) is 1.86. The minimum absolute atomic E-state index is 0.452. The van der Waals surface area contributed by atoms with Crippen LogP contribution in [0.2, 0.25) is 0 Å². The summed E-state index contributed by atoms with van der Waals surface area (Å²) in [6.45, 7) is 2.05. The number of aliphatic carboxylic acids is 1. The summed E-state index contributed by atoms with van der Waals surface area (Å²) in [6, 6.07) is 0. The Kier molecular flexibility index (Phi) is 4.76. The standard InChI is InChI=1S/C10H17F3N2O2/c1-14-3-2-4-15(6-5-14)7-8(9(16)17)10(11,12)13/h8H,2-7H2,1H3,(H,16,17). The van der Waals surface area contributed by atoms with Gasteiger partial charge in [0.05, 0.1) is 0 Å². The maximum absolute atomic E-state index is 12.5. The monoisotopic (exact) mass is 254 g/mol. The van der Waals surface area contributed by atoms with E-state index in [1.807, 2.05) is 11.9 Å². The molecule has 1 saturated heterocycles. The van der Waals surface area contributed by atoms with Crippen LogP contribution in [0.3, 0.4) is 0 Å². The summed E-state index contributed by atoms with van der Waals surface area (Å²) in [7, 11) is 1.90. The van der Waals surface area contributed by atoms with Crippen LogP contribution in [0.4, 0.5) is 13.2 Å². The Bertz CT molecular complexity index is 271. The average molecular weight is 254 g/mol. The van der Waals surface area contributed by atoms with E-state index >= 15 is 0 Å². The van der Waals surface area contributed by atoms with Gasteiger partial charge in [-0.15, -0.1) is 0 Å². The molecule has 7 heteroatoms.